The molecule has 1 aromatic heterocycles. The van der Waals surface area contributed by atoms with Gasteiger partial charge in [0.25, 0.3) is 0 Å². The largest absolute Gasteiger partial charge is 0.488 e. The molecule has 2 fully saturated rings. The molecule has 4 nitrogen and oxygen atoms in total. The highest BCUT2D eigenvalue weighted by molar-refractivity contribution is 5.20. The fourth-order valence-electron chi connectivity index (χ4n) is 4.94. The molecular formula is C23H35N3O. The maximum atomic E-state index is 5.95. The fraction of sp³-hybridized carbons (Fsp3) is 0.739. The van der Waals surface area contributed by atoms with Gasteiger partial charge in [0.05, 0.1) is 5.76 Å². The van der Waals surface area contributed by atoms with E-state index in [2.05, 4.69) is 44.9 Å². The summed E-state index contributed by atoms with van der Waals surface area (Å²) in [4.78, 5) is 0. The maximum Gasteiger partial charge on any atom is 0.137 e. The predicted octanol–water partition coefficient (Wildman–Crippen LogP) is 5.90. The topological polar surface area (TPSA) is 39.9 Å². The van der Waals surface area contributed by atoms with E-state index in [4.69, 9.17) is 14.9 Å². The molecule has 2 aliphatic carbocycles. The van der Waals surface area contributed by atoms with Crippen molar-refractivity contribution in [1.82, 2.24) is 14.8 Å². The van der Waals surface area contributed by atoms with Crippen molar-refractivity contribution in [2.24, 2.45) is 11.8 Å². The Morgan fingerprint density at radius 1 is 1.30 bits per heavy atom. The molecule has 0 spiro atoms. The van der Waals surface area contributed by atoms with Gasteiger partial charge in [0.2, 0.25) is 0 Å². The Kier molecular flexibility index (Phi) is 4.94. The molecule has 2 heterocycles. The first-order chi connectivity index (χ1) is 12.9. The molecule has 1 atom stereocenters. The van der Waals surface area contributed by atoms with Crippen LogP contribution in [0, 0.1) is 11.8 Å². The molecule has 1 aliphatic heterocycles. The fourth-order valence-corrected chi connectivity index (χ4v) is 4.94. The Morgan fingerprint density at radius 2 is 2.00 bits per heavy atom. The smallest absolute Gasteiger partial charge is 0.137 e. The zero-order valence-corrected chi connectivity index (χ0v) is 17.4. The van der Waals surface area contributed by atoms with Crippen LogP contribution < -0.4 is 0 Å². The summed E-state index contributed by atoms with van der Waals surface area (Å²) in [6.07, 6.45) is 12.6. The molecule has 0 N–H and O–H groups in total. The SMILES string of the molecule is C=CC[C@@H](CC1=CC(C)(C)O1)c1nnc([C@H]2C[C@@H](CC(C)C)C2)n1C1CC1. The van der Waals surface area contributed by atoms with E-state index in [1.165, 1.54) is 37.9 Å². The highest BCUT2D eigenvalue weighted by atomic mass is 16.5. The van der Waals surface area contributed by atoms with E-state index in [9.17, 15) is 0 Å². The van der Waals surface area contributed by atoms with E-state index in [1.54, 1.807) is 0 Å². The summed E-state index contributed by atoms with van der Waals surface area (Å²) in [5.74, 6) is 6.11. The molecular weight excluding hydrogens is 334 g/mol. The molecule has 0 radical (unpaired) electrons. The van der Waals surface area contributed by atoms with Crippen molar-refractivity contribution in [2.45, 2.75) is 96.1 Å². The van der Waals surface area contributed by atoms with Crippen molar-refractivity contribution < 1.29 is 4.74 Å². The lowest BCUT2D eigenvalue weighted by Crippen LogP contribution is -2.31. The number of ether oxygens (including phenoxy) is 1. The van der Waals surface area contributed by atoms with E-state index in [1.807, 2.05) is 6.08 Å². The molecule has 0 unspecified atom stereocenters. The highest BCUT2D eigenvalue weighted by Gasteiger charge is 2.40. The van der Waals surface area contributed by atoms with Gasteiger partial charge in [-0.2, -0.15) is 0 Å². The van der Waals surface area contributed by atoms with Gasteiger partial charge in [0, 0.05) is 24.3 Å². The first kappa shape index (κ1) is 18.8. The molecule has 0 amide bonds. The van der Waals surface area contributed by atoms with Crippen LogP contribution in [0.4, 0.5) is 0 Å². The van der Waals surface area contributed by atoms with Gasteiger partial charge in [0.15, 0.2) is 0 Å². The number of hydrogen-bond donors (Lipinski definition) is 0. The average molecular weight is 370 g/mol. The van der Waals surface area contributed by atoms with Gasteiger partial charge in [-0.3, -0.25) is 0 Å². The third-order valence-corrected chi connectivity index (χ3v) is 6.23. The Morgan fingerprint density at radius 3 is 2.56 bits per heavy atom. The number of hydrogen-bond acceptors (Lipinski definition) is 3. The van der Waals surface area contributed by atoms with Crippen LogP contribution in [0.15, 0.2) is 24.5 Å². The first-order valence-corrected chi connectivity index (χ1v) is 10.8. The monoisotopic (exact) mass is 369 g/mol. The van der Waals surface area contributed by atoms with E-state index < -0.39 is 0 Å². The van der Waals surface area contributed by atoms with Gasteiger partial charge >= 0.3 is 0 Å². The van der Waals surface area contributed by atoms with Crippen molar-refractivity contribution in [3.05, 3.63) is 36.1 Å². The lowest BCUT2D eigenvalue weighted by atomic mass is 9.71. The van der Waals surface area contributed by atoms with Gasteiger partial charge in [0.1, 0.15) is 17.2 Å². The Balaban J connectivity index is 1.52. The predicted molar refractivity (Wildman–Crippen MR) is 109 cm³/mol. The summed E-state index contributed by atoms with van der Waals surface area (Å²) < 4.78 is 8.46. The number of aromatic nitrogens is 3. The summed E-state index contributed by atoms with van der Waals surface area (Å²) in [6.45, 7) is 12.9. The molecule has 0 saturated heterocycles. The van der Waals surface area contributed by atoms with Crippen LogP contribution in [0.25, 0.3) is 0 Å². The molecule has 4 rings (SSSR count). The first-order valence-electron chi connectivity index (χ1n) is 10.8. The van der Waals surface area contributed by atoms with Crippen molar-refractivity contribution in [1.29, 1.82) is 0 Å². The maximum absolute atomic E-state index is 5.95. The third-order valence-electron chi connectivity index (χ3n) is 6.23. The van der Waals surface area contributed by atoms with Crippen LogP contribution >= 0.6 is 0 Å². The summed E-state index contributed by atoms with van der Waals surface area (Å²) in [7, 11) is 0. The minimum Gasteiger partial charge on any atom is -0.488 e. The lowest BCUT2D eigenvalue weighted by molar-refractivity contribution is 0.0189. The Labute approximate surface area is 164 Å². The number of rotatable bonds is 9. The number of allylic oxidation sites excluding steroid dienone is 2. The zero-order valence-electron chi connectivity index (χ0n) is 17.4. The molecule has 148 valence electrons. The van der Waals surface area contributed by atoms with Gasteiger partial charge in [-0.25, -0.2) is 0 Å². The standard InChI is InChI=1S/C23H35N3O/c1-6-7-17(13-20-14-23(4,5)27-20)21-24-25-22(26(21)19-8-9-19)18-11-16(12-18)10-15(2)3/h6,14-19H,1,7-13H2,2-5H3/t16-,17-,18+/m0/s1. The van der Waals surface area contributed by atoms with Crippen LogP contribution in [0.1, 0.15) is 102 Å². The highest BCUT2D eigenvalue weighted by Crippen LogP contribution is 2.48. The average Bonchev–Trinajstić information content (AvgIpc) is 3.27. The van der Waals surface area contributed by atoms with Crippen LogP contribution in [-0.2, 0) is 4.74 Å². The van der Waals surface area contributed by atoms with Crippen molar-refractivity contribution >= 4 is 0 Å². The van der Waals surface area contributed by atoms with Crippen molar-refractivity contribution in [3.63, 3.8) is 0 Å². The van der Waals surface area contributed by atoms with E-state index in [-0.39, 0.29) is 5.60 Å². The summed E-state index contributed by atoms with van der Waals surface area (Å²) in [6, 6.07) is 0.620. The Hall–Kier alpha value is -1.58. The van der Waals surface area contributed by atoms with Gasteiger partial charge in [-0.15, -0.1) is 16.8 Å². The molecule has 0 aromatic carbocycles. The molecule has 0 bridgehead atoms. The summed E-state index contributed by atoms with van der Waals surface area (Å²) >= 11 is 0. The molecule has 1 aromatic rings. The molecule has 3 aliphatic rings. The van der Waals surface area contributed by atoms with Gasteiger partial charge in [-0.05, 0) is 70.3 Å². The molecule has 4 heteroatoms. The third kappa shape index (κ3) is 4.00. The van der Waals surface area contributed by atoms with Gasteiger partial charge in [-0.1, -0.05) is 19.9 Å². The van der Waals surface area contributed by atoms with E-state index >= 15 is 0 Å². The molecule has 2 saturated carbocycles. The van der Waals surface area contributed by atoms with E-state index in [0.29, 0.717) is 17.9 Å². The normalized spacial score (nSPS) is 27.4. The van der Waals surface area contributed by atoms with Crippen molar-refractivity contribution in [2.75, 3.05) is 0 Å². The van der Waals surface area contributed by atoms with E-state index in [0.717, 1.165) is 36.3 Å². The second kappa shape index (κ2) is 7.10. The van der Waals surface area contributed by atoms with Crippen molar-refractivity contribution in [3.8, 4) is 0 Å². The second-order valence-electron chi connectivity index (χ2n) is 9.92. The minimum atomic E-state index is -0.110. The minimum absolute atomic E-state index is 0.110. The van der Waals surface area contributed by atoms with Crippen LogP contribution in [-0.4, -0.2) is 20.4 Å². The second-order valence-corrected chi connectivity index (χ2v) is 9.92. The zero-order chi connectivity index (χ0) is 19.2. The lowest BCUT2D eigenvalue weighted by Gasteiger charge is -2.37. The van der Waals surface area contributed by atoms with Gasteiger partial charge < -0.3 is 9.30 Å². The Bertz CT molecular complexity index is 720. The van der Waals surface area contributed by atoms with Crippen LogP contribution in [0.5, 0.6) is 0 Å². The quantitative estimate of drug-likeness (QED) is 0.509. The number of nitrogens with zero attached hydrogens (tertiary/aromatic N) is 3. The molecule has 27 heavy (non-hydrogen) atoms. The summed E-state index contributed by atoms with van der Waals surface area (Å²) in [5.41, 5.74) is -0.110. The summed E-state index contributed by atoms with van der Waals surface area (Å²) in [5, 5.41) is 9.43. The van der Waals surface area contributed by atoms with Crippen LogP contribution in [0.2, 0.25) is 0 Å². The van der Waals surface area contributed by atoms with Crippen LogP contribution in [0.3, 0.4) is 0 Å².